The zero-order valence-electron chi connectivity index (χ0n) is 20.7. The smallest absolute Gasteiger partial charge is 0.309 e. The lowest BCUT2D eigenvalue weighted by atomic mass is 9.96. The summed E-state index contributed by atoms with van der Waals surface area (Å²) in [6.07, 6.45) is 2.19. The van der Waals surface area contributed by atoms with E-state index in [2.05, 4.69) is 36.7 Å². The van der Waals surface area contributed by atoms with E-state index in [1.165, 1.54) is 0 Å². The average Bonchev–Trinajstić information content (AvgIpc) is 2.88. The number of carbonyl (C=O) groups is 2. The van der Waals surface area contributed by atoms with Crippen LogP contribution in [0.3, 0.4) is 0 Å². The first-order valence-corrected chi connectivity index (χ1v) is 13.3. The van der Waals surface area contributed by atoms with Crippen molar-refractivity contribution in [2.24, 2.45) is 5.92 Å². The van der Waals surface area contributed by atoms with Gasteiger partial charge in [0, 0.05) is 49.3 Å². The van der Waals surface area contributed by atoms with E-state index < -0.39 is 0 Å². The van der Waals surface area contributed by atoms with Gasteiger partial charge < -0.3 is 14.5 Å². The van der Waals surface area contributed by atoms with Crippen molar-refractivity contribution in [1.29, 1.82) is 0 Å². The Labute approximate surface area is 207 Å². The van der Waals surface area contributed by atoms with Crippen LogP contribution in [0.1, 0.15) is 62.2 Å². The molecule has 184 valence electrons. The molecule has 2 heterocycles. The maximum Gasteiger partial charge on any atom is 0.309 e. The molecule has 0 unspecified atom stereocenters. The SMILES string of the molecule is CCOC(=O)C1CCN(C(=O)c2ccc(CSc3nc(CC)cc(N(CC)CC)n3)cc2)CC1. The molecule has 34 heavy (non-hydrogen) atoms. The van der Waals surface area contributed by atoms with Gasteiger partial charge in [-0.25, -0.2) is 9.97 Å². The summed E-state index contributed by atoms with van der Waals surface area (Å²) < 4.78 is 5.12. The van der Waals surface area contributed by atoms with Crippen molar-refractivity contribution in [1.82, 2.24) is 14.9 Å². The van der Waals surface area contributed by atoms with E-state index in [0.29, 0.717) is 38.1 Å². The quantitative estimate of drug-likeness (QED) is 0.277. The minimum Gasteiger partial charge on any atom is -0.466 e. The Kier molecular flexibility index (Phi) is 9.74. The third kappa shape index (κ3) is 6.72. The molecule has 1 aliphatic rings. The molecule has 8 heteroatoms. The molecule has 1 saturated heterocycles. The number of aromatic nitrogens is 2. The topological polar surface area (TPSA) is 75.6 Å². The molecular weight excluding hydrogens is 448 g/mol. The molecule has 7 nitrogen and oxygen atoms in total. The van der Waals surface area contributed by atoms with Crippen LogP contribution in [-0.4, -0.2) is 59.5 Å². The molecule has 0 radical (unpaired) electrons. The summed E-state index contributed by atoms with van der Waals surface area (Å²) in [5.41, 5.74) is 2.85. The normalized spacial score (nSPS) is 14.2. The van der Waals surface area contributed by atoms with Crippen LogP contribution in [0.15, 0.2) is 35.5 Å². The summed E-state index contributed by atoms with van der Waals surface area (Å²) in [4.78, 5) is 38.3. The molecular formula is C26H36N4O3S. The fourth-order valence-electron chi connectivity index (χ4n) is 4.07. The summed E-state index contributed by atoms with van der Waals surface area (Å²) in [6, 6.07) is 9.86. The third-order valence-electron chi connectivity index (χ3n) is 6.17. The summed E-state index contributed by atoms with van der Waals surface area (Å²) in [5, 5.41) is 0.783. The molecule has 0 aliphatic carbocycles. The number of likely N-dealkylation sites (tertiary alicyclic amines) is 1. The van der Waals surface area contributed by atoms with E-state index in [-0.39, 0.29) is 17.8 Å². The van der Waals surface area contributed by atoms with E-state index in [9.17, 15) is 9.59 Å². The third-order valence-corrected chi connectivity index (χ3v) is 7.08. The Morgan fingerprint density at radius 3 is 2.32 bits per heavy atom. The molecule has 1 aliphatic heterocycles. The number of benzene rings is 1. The van der Waals surface area contributed by atoms with Crippen LogP contribution in [0.2, 0.25) is 0 Å². The zero-order chi connectivity index (χ0) is 24.5. The summed E-state index contributed by atoms with van der Waals surface area (Å²) in [5.74, 6) is 1.49. The van der Waals surface area contributed by atoms with Crippen LogP contribution in [0.5, 0.6) is 0 Å². The minimum absolute atomic E-state index is 0.0179. The van der Waals surface area contributed by atoms with Gasteiger partial charge in [-0.15, -0.1) is 0 Å². The van der Waals surface area contributed by atoms with Gasteiger partial charge >= 0.3 is 5.97 Å². The number of ether oxygens (including phenoxy) is 1. The number of aryl methyl sites for hydroxylation is 1. The van der Waals surface area contributed by atoms with Crippen molar-refractivity contribution in [2.75, 3.05) is 37.7 Å². The number of thioether (sulfide) groups is 1. The van der Waals surface area contributed by atoms with Gasteiger partial charge in [-0.05, 0) is 57.7 Å². The molecule has 1 amide bonds. The van der Waals surface area contributed by atoms with Crippen LogP contribution in [0.4, 0.5) is 5.82 Å². The summed E-state index contributed by atoms with van der Waals surface area (Å²) >= 11 is 1.62. The number of anilines is 1. The van der Waals surface area contributed by atoms with Crippen LogP contribution in [0, 0.1) is 5.92 Å². The minimum atomic E-state index is -0.144. The number of esters is 1. The fraction of sp³-hybridized carbons (Fsp3) is 0.538. The number of amides is 1. The highest BCUT2D eigenvalue weighted by molar-refractivity contribution is 7.98. The first-order valence-electron chi connectivity index (χ1n) is 12.3. The van der Waals surface area contributed by atoms with Gasteiger partial charge in [-0.2, -0.15) is 0 Å². The summed E-state index contributed by atoms with van der Waals surface area (Å²) in [6.45, 7) is 11.6. The number of nitrogens with zero attached hydrogens (tertiary/aromatic N) is 4. The summed E-state index contributed by atoms with van der Waals surface area (Å²) in [7, 11) is 0. The number of carbonyl (C=O) groups excluding carboxylic acids is 2. The maximum absolute atomic E-state index is 12.9. The molecule has 1 aromatic heterocycles. The van der Waals surface area contributed by atoms with Crippen LogP contribution in [-0.2, 0) is 21.7 Å². The predicted octanol–water partition coefficient (Wildman–Crippen LogP) is 4.59. The fourth-order valence-corrected chi connectivity index (χ4v) is 4.90. The predicted molar refractivity (Wildman–Crippen MR) is 136 cm³/mol. The molecule has 1 fully saturated rings. The number of piperidine rings is 1. The standard InChI is InChI=1S/C26H36N4O3S/c1-5-22-17-23(29(6-2)7-3)28-26(27-22)34-18-19-9-11-20(12-10-19)24(31)30-15-13-21(14-16-30)25(32)33-8-4/h9-12,17,21H,5-8,13-16,18H2,1-4H3. The van der Waals surface area contributed by atoms with Crippen LogP contribution < -0.4 is 4.90 Å². The van der Waals surface area contributed by atoms with E-state index in [1.807, 2.05) is 36.1 Å². The van der Waals surface area contributed by atoms with E-state index in [4.69, 9.17) is 9.72 Å². The molecule has 0 saturated carbocycles. The van der Waals surface area contributed by atoms with Crippen molar-refractivity contribution in [2.45, 2.75) is 57.9 Å². The Hall–Kier alpha value is -2.61. The Bertz CT molecular complexity index is 955. The molecule has 0 N–H and O–H groups in total. The van der Waals surface area contributed by atoms with Gasteiger partial charge in [0.1, 0.15) is 5.82 Å². The first kappa shape index (κ1) is 26.0. The second kappa shape index (κ2) is 12.7. The highest BCUT2D eigenvalue weighted by Gasteiger charge is 2.28. The van der Waals surface area contributed by atoms with E-state index in [1.54, 1.807) is 11.8 Å². The lowest BCUT2D eigenvalue weighted by molar-refractivity contribution is -0.149. The van der Waals surface area contributed by atoms with Crippen molar-refractivity contribution >= 4 is 29.5 Å². The van der Waals surface area contributed by atoms with Crippen LogP contribution >= 0.6 is 11.8 Å². The number of rotatable bonds is 10. The van der Waals surface area contributed by atoms with Crippen molar-refractivity contribution in [3.63, 3.8) is 0 Å². The highest BCUT2D eigenvalue weighted by atomic mass is 32.2. The van der Waals surface area contributed by atoms with Crippen LogP contribution in [0.25, 0.3) is 0 Å². The molecule has 3 rings (SSSR count). The van der Waals surface area contributed by atoms with E-state index in [0.717, 1.165) is 47.5 Å². The Morgan fingerprint density at radius 2 is 1.74 bits per heavy atom. The van der Waals surface area contributed by atoms with E-state index >= 15 is 0 Å². The zero-order valence-corrected chi connectivity index (χ0v) is 21.6. The lowest BCUT2D eigenvalue weighted by Crippen LogP contribution is -2.40. The van der Waals surface area contributed by atoms with Crippen molar-refractivity contribution in [3.05, 3.63) is 47.2 Å². The van der Waals surface area contributed by atoms with Crippen molar-refractivity contribution < 1.29 is 14.3 Å². The van der Waals surface area contributed by atoms with Gasteiger partial charge in [0.2, 0.25) is 0 Å². The van der Waals surface area contributed by atoms with Gasteiger partial charge in [0.25, 0.3) is 5.91 Å². The Morgan fingerprint density at radius 1 is 1.06 bits per heavy atom. The van der Waals surface area contributed by atoms with Gasteiger partial charge in [-0.3, -0.25) is 9.59 Å². The molecule has 1 aromatic carbocycles. The average molecular weight is 485 g/mol. The molecule has 2 aromatic rings. The molecule has 0 bridgehead atoms. The molecule has 0 spiro atoms. The Balaban J connectivity index is 1.58. The second-order valence-corrected chi connectivity index (χ2v) is 9.27. The highest BCUT2D eigenvalue weighted by Crippen LogP contribution is 2.24. The lowest BCUT2D eigenvalue weighted by Gasteiger charge is -2.31. The number of hydrogen-bond acceptors (Lipinski definition) is 7. The van der Waals surface area contributed by atoms with Gasteiger partial charge in [0.05, 0.1) is 12.5 Å². The first-order chi connectivity index (χ1) is 16.5. The molecule has 0 atom stereocenters. The maximum atomic E-state index is 12.9. The van der Waals surface area contributed by atoms with Gasteiger partial charge in [-0.1, -0.05) is 30.8 Å². The van der Waals surface area contributed by atoms with Crippen molar-refractivity contribution in [3.8, 4) is 0 Å². The number of hydrogen-bond donors (Lipinski definition) is 0. The monoisotopic (exact) mass is 484 g/mol. The second-order valence-electron chi connectivity index (χ2n) is 8.33. The van der Waals surface area contributed by atoms with Gasteiger partial charge in [0.15, 0.2) is 5.16 Å². The largest absolute Gasteiger partial charge is 0.466 e.